The van der Waals surface area contributed by atoms with Gasteiger partial charge in [-0.3, -0.25) is 10.1 Å². The van der Waals surface area contributed by atoms with Crippen molar-refractivity contribution in [3.63, 3.8) is 0 Å². The molecule has 0 saturated heterocycles. The van der Waals surface area contributed by atoms with E-state index in [1.807, 2.05) is 12.1 Å². The standard InChI is InChI=1S/C18H11N3O2S/c1-9-8-13(23-21-9)17(22)20-18-19-15-11-6-2-4-10-5-3-7-12(14(10)11)16(15)24-18/h2-8H,1H3,(H,19,20,22). The number of hydrogen-bond acceptors (Lipinski definition) is 5. The fourth-order valence-electron chi connectivity index (χ4n) is 3.10. The first kappa shape index (κ1) is 13.4. The van der Waals surface area contributed by atoms with Crippen molar-refractivity contribution >= 4 is 33.1 Å². The van der Waals surface area contributed by atoms with Crippen LogP contribution in [0.25, 0.3) is 32.5 Å². The lowest BCUT2D eigenvalue weighted by molar-refractivity contribution is 0.0988. The number of hydrogen-bond donors (Lipinski definition) is 1. The first-order valence-corrected chi connectivity index (χ1v) is 8.30. The predicted molar refractivity (Wildman–Crippen MR) is 93.2 cm³/mol. The van der Waals surface area contributed by atoms with Crippen molar-refractivity contribution in [2.45, 2.75) is 6.92 Å². The van der Waals surface area contributed by atoms with Gasteiger partial charge in [0.2, 0.25) is 5.76 Å². The summed E-state index contributed by atoms with van der Waals surface area (Å²) in [5.41, 5.74) is 3.88. The van der Waals surface area contributed by atoms with E-state index >= 15 is 0 Å². The Balaban J connectivity index is 1.56. The number of fused-ring (bicyclic) bond motifs is 3. The van der Waals surface area contributed by atoms with Crippen molar-refractivity contribution in [2.24, 2.45) is 0 Å². The zero-order valence-corrected chi connectivity index (χ0v) is 13.5. The summed E-state index contributed by atoms with van der Waals surface area (Å²) in [6.45, 7) is 1.77. The lowest BCUT2D eigenvalue weighted by atomic mass is 10.0. The fraction of sp³-hybridized carbons (Fsp3) is 0.0556. The number of nitrogens with one attached hydrogen (secondary N) is 1. The monoisotopic (exact) mass is 333 g/mol. The average molecular weight is 333 g/mol. The molecule has 1 N–H and O–H groups in total. The maximum atomic E-state index is 12.2. The molecule has 0 atom stereocenters. The zero-order valence-electron chi connectivity index (χ0n) is 12.7. The number of rotatable bonds is 2. The van der Waals surface area contributed by atoms with E-state index in [1.54, 1.807) is 13.0 Å². The number of carbonyl (C=O) groups excluding carboxylic acids is 1. The van der Waals surface area contributed by atoms with Crippen molar-refractivity contribution in [3.05, 3.63) is 53.9 Å². The molecule has 0 radical (unpaired) electrons. The molecule has 0 fully saturated rings. The first-order valence-electron chi connectivity index (χ1n) is 7.49. The SMILES string of the molecule is Cc1cc(C(=O)Nc2nc3c(s2)-c2cccc4cccc-3c24)on1. The molecule has 1 amide bonds. The van der Waals surface area contributed by atoms with Crippen LogP contribution >= 0.6 is 11.3 Å². The largest absolute Gasteiger partial charge is 0.351 e. The maximum absolute atomic E-state index is 12.2. The van der Waals surface area contributed by atoms with Gasteiger partial charge in [-0.25, -0.2) is 4.98 Å². The average Bonchev–Trinajstić information content (AvgIpc) is 3.26. The van der Waals surface area contributed by atoms with Gasteiger partial charge in [0.1, 0.15) is 0 Å². The molecule has 0 bridgehead atoms. The summed E-state index contributed by atoms with van der Waals surface area (Å²) < 4.78 is 4.99. The van der Waals surface area contributed by atoms with E-state index in [9.17, 15) is 4.79 Å². The van der Waals surface area contributed by atoms with Crippen LogP contribution in [0.1, 0.15) is 16.2 Å². The van der Waals surface area contributed by atoms with Gasteiger partial charge in [0, 0.05) is 17.2 Å². The van der Waals surface area contributed by atoms with Crippen molar-refractivity contribution in [2.75, 3.05) is 5.32 Å². The van der Waals surface area contributed by atoms with E-state index in [0.717, 1.165) is 16.1 Å². The number of amides is 1. The van der Waals surface area contributed by atoms with Crippen LogP contribution in [0.4, 0.5) is 5.13 Å². The molecule has 1 aliphatic rings. The Morgan fingerprint density at radius 3 is 2.71 bits per heavy atom. The third-order valence-corrected chi connectivity index (χ3v) is 5.11. The highest BCUT2D eigenvalue weighted by atomic mass is 32.1. The third-order valence-electron chi connectivity index (χ3n) is 4.10. The Morgan fingerprint density at radius 2 is 1.96 bits per heavy atom. The molecule has 1 aliphatic carbocycles. The number of thiazole rings is 1. The van der Waals surface area contributed by atoms with Gasteiger partial charge < -0.3 is 4.52 Å². The summed E-state index contributed by atoms with van der Waals surface area (Å²) in [6.07, 6.45) is 0. The molecule has 6 heteroatoms. The Kier molecular flexibility index (Phi) is 2.66. The van der Waals surface area contributed by atoms with E-state index < -0.39 is 0 Å². The Bertz CT molecular complexity index is 1070. The van der Waals surface area contributed by atoms with E-state index in [0.29, 0.717) is 10.8 Å². The second-order valence-electron chi connectivity index (χ2n) is 5.69. The fourth-order valence-corrected chi connectivity index (χ4v) is 4.10. The normalized spacial score (nSPS) is 11.7. The molecule has 24 heavy (non-hydrogen) atoms. The summed E-state index contributed by atoms with van der Waals surface area (Å²) in [5, 5.41) is 9.53. The summed E-state index contributed by atoms with van der Waals surface area (Å²) in [6, 6.07) is 14.1. The molecule has 5 rings (SSSR count). The molecule has 2 aromatic heterocycles. The topological polar surface area (TPSA) is 68.0 Å². The van der Waals surface area contributed by atoms with Crippen LogP contribution in [0.2, 0.25) is 0 Å². The Labute approximate surface area is 140 Å². The molecule has 2 aromatic carbocycles. The van der Waals surface area contributed by atoms with Gasteiger partial charge in [0.25, 0.3) is 5.91 Å². The van der Waals surface area contributed by atoms with Gasteiger partial charge in [-0.1, -0.05) is 52.9 Å². The highest BCUT2D eigenvalue weighted by Gasteiger charge is 2.26. The maximum Gasteiger partial charge on any atom is 0.296 e. The first-order chi connectivity index (χ1) is 11.7. The second-order valence-corrected chi connectivity index (χ2v) is 6.69. The second kappa shape index (κ2) is 4.75. The molecule has 2 heterocycles. The van der Waals surface area contributed by atoms with Crippen molar-refractivity contribution in [1.82, 2.24) is 10.1 Å². The van der Waals surface area contributed by atoms with E-state index in [4.69, 9.17) is 4.52 Å². The van der Waals surface area contributed by atoms with E-state index in [-0.39, 0.29) is 11.7 Å². The van der Waals surface area contributed by atoms with Crippen LogP contribution in [-0.2, 0) is 0 Å². The minimum Gasteiger partial charge on any atom is -0.351 e. The van der Waals surface area contributed by atoms with Crippen LogP contribution in [0.15, 0.2) is 47.0 Å². The van der Waals surface area contributed by atoms with Crippen LogP contribution in [0.5, 0.6) is 0 Å². The molecule has 0 unspecified atom stereocenters. The van der Waals surface area contributed by atoms with Crippen LogP contribution in [-0.4, -0.2) is 16.0 Å². The summed E-state index contributed by atoms with van der Waals surface area (Å²) >= 11 is 1.48. The number of aryl methyl sites for hydroxylation is 1. The molecule has 116 valence electrons. The smallest absolute Gasteiger partial charge is 0.296 e. The van der Waals surface area contributed by atoms with Gasteiger partial charge in [-0.15, -0.1) is 0 Å². The third kappa shape index (κ3) is 1.83. The summed E-state index contributed by atoms with van der Waals surface area (Å²) in [4.78, 5) is 17.9. The van der Waals surface area contributed by atoms with Crippen LogP contribution in [0, 0.1) is 6.92 Å². The molecule has 0 spiro atoms. The predicted octanol–water partition coefficient (Wildman–Crippen LogP) is 4.49. The van der Waals surface area contributed by atoms with Crippen LogP contribution in [0.3, 0.4) is 0 Å². The number of carbonyl (C=O) groups is 1. The highest BCUT2D eigenvalue weighted by Crippen LogP contribution is 2.50. The Hall–Kier alpha value is -2.99. The number of anilines is 1. The number of nitrogens with zero attached hydrogens (tertiary/aromatic N) is 2. The van der Waals surface area contributed by atoms with Crippen molar-refractivity contribution in [1.29, 1.82) is 0 Å². The van der Waals surface area contributed by atoms with Crippen molar-refractivity contribution in [3.8, 4) is 21.7 Å². The quantitative estimate of drug-likeness (QED) is 0.517. The van der Waals surface area contributed by atoms with E-state index in [2.05, 4.69) is 39.7 Å². The van der Waals surface area contributed by atoms with Crippen molar-refractivity contribution < 1.29 is 9.32 Å². The van der Waals surface area contributed by atoms with Gasteiger partial charge >= 0.3 is 0 Å². The highest BCUT2D eigenvalue weighted by molar-refractivity contribution is 7.20. The number of benzene rings is 2. The molecule has 4 aromatic rings. The van der Waals surface area contributed by atoms with Gasteiger partial charge in [0.05, 0.1) is 16.3 Å². The van der Waals surface area contributed by atoms with Gasteiger partial charge in [0.15, 0.2) is 5.13 Å². The van der Waals surface area contributed by atoms with Crippen LogP contribution < -0.4 is 5.32 Å². The lowest BCUT2D eigenvalue weighted by Gasteiger charge is -2.02. The molecule has 5 nitrogen and oxygen atoms in total. The summed E-state index contributed by atoms with van der Waals surface area (Å²) in [7, 11) is 0. The minimum absolute atomic E-state index is 0.186. The molecule has 0 saturated carbocycles. The molecular weight excluding hydrogens is 322 g/mol. The van der Waals surface area contributed by atoms with E-state index in [1.165, 1.54) is 27.7 Å². The molecule has 0 aliphatic heterocycles. The van der Waals surface area contributed by atoms with Gasteiger partial charge in [-0.2, -0.15) is 0 Å². The minimum atomic E-state index is -0.338. The zero-order chi connectivity index (χ0) is 16.3. The Morgan fingerprint density at radius 1 is 1.17 bits per heavy atom. The van der Waals surface area contributed by atoms with Gasteiger partial charge in [-0.05, 0) is 17.7 Å². The lowest BCUT2D eigenvalue weighted by Crippen LogP contribution is -2.10. The summed E-state index contributed by atoms with van der Waals surface area (Å²) in [5.74, 6) is -0.153. The molecular formula is C18H11N3O2S. The number of aromatic nitrogens is 2.